The maximum Gasteiger partial charge on any atom is 0.254 e. The summed E-state index contributed by atoms with van der Waals surface area (Å²) in [5, 5.41) is 3.08. The van der Waals surface area contributed by atoms with Crippen LogP contribution in [0.5, 0.6) is 0 Å². The predicted octanol–water partition coefficient (Wildman–Crippen LogP) is 2.67. The van der Waals surface area contributed by atoms with Crippen molar-refractivity contribution >= 4 is 5.91 Å². The highest BCUT2D eigenvalue weighted by Crippen LogP contribution is 2.14. The molecule has 2 aromatic rings. The summed E-state index contributed by atoms with van der Waals surface area (Å²) >= 11 is 0. The molecule has 0 unspecified atom stereocenters. The van der Waals surface area contributed by atoms with Gasteiger partial charge in [-0.15, -0.1) is 0 Å². The molecule has 1 aromatic heterocycles. The first-order valence-corrected chi connectivity index (χ1v) is 7.40. The fraction of sp³-hybridized carbons (Fsp3) is 0.353. The van der Waals surface area contributed by atoms with E-state index in [1.165, 1.54) is 18.1 Å². The van der Waals surface area contributed by atoms with Crippen LogP contribution in [-0.4, -0.2) is 29.9 Å². The molecule has 0 saturated carbocycles. The van der Waals surface area contributed by atoms with E-state index in [-0.39, 0.29) is 11.9 Å². The SMILES string of the molecule is O=C(NC1CCN(Cc2ccccc2)CC1)c1ccoc1. The van der Waals surface area contributed by atoms with Crippen LogP contribution in [0.2, 0.25) is 0 Å². The van der Waals surface area contributed by atoms with Crippen molar-refractivity contribution in [2.75, 3.05) is 13.1 Å². The molecule has 0 aliphatic carbocycles. The largest absolute Gasteiger partial charge is 0.472 e. The molecule has 1 saturated heterocycles. The lowest BCUT2D eigenvalue weighted by molar-refractivity contribution is 0.0908. The van der Waals surface area contributed by atoms with Crippen LogP contribution in [0, 0.1) is 0 Å². The summed E-state index contributed by atoms with van der Waals surface area (Å²) in [6, 6.07) is 12.5. The highest BCUT2D eigenvalue weighted by molar-refractivity contribution is 5.93. The summed E-state index contributed by atoms with van der Waals surface area (Å²) in [5.74, 6) is -0.0368. The molecule has 110 valence electrons. The van der Waals surface area contributed by atoms with Crippen LogP contribution in [-0.2, 0) is 6.54 Å². The van der Waals surface area contributed by atoms with E-state index in [2.05, 4.69) is 34.5 Å². The van der Waals surface area contributed by atoms with Crippen molar-refractivity contribution in [3.63, 3.8) is 0 Å². The van der Waals surface area contributed by atoms with Crippen LogP contribution in [0.3, 0.4) is 0 Å². The van der Waals surface area contributed by atoms with Crippen molar-refractivity contribution < 1.29 is 9.21 Å². The number of piperidine rings is 1. The van der Waals surface area contributed by atoms with Gasteiger partial charge in [-0.3, -0.25) is 9.69 Å². The Kier molecular flexibility index (Phi) is 4.36. The quantitative estimate of drug-likeness (QED) is 0.939. The predicted molar refractivity (Wildman–Crippen MR) is 80.9 cm³/mol. The Morgan fingerprint density at radius 3 is 2.62 bits per heavy atom. The number of amides is 1. The molecule has 21 heavy (non-hydrogen) atoms. The highest BCUT2D eigenvalue weighted by atomic mass is 16.3. The molecule has 1 amide bonds. The van der Waals surface area contributed by atoms with Gasteiger partial charge in [0.1, 0.15) is 6.26 Å². The van der Waals surface area contributed by atoms with Crippen LogP contribution in [0.4, 0.5) is 0 Å². The van der Waals surface area contributed by atoms with Crippen molar-refractivity contribution in [1.82, 2.24) is 10.2 Å². The maximum atomic E-state index is 12.0. The van der Waals surface area contributed by atoms with Gasteiger partial charge in [0.05, 0.1) is 11.8 Å². The first kappa shape index (κ1) is 13.9. The second-order valence-electron chi connectivity index (χ2n) is 5.52. The Balaban J connectivity index is 1.46. The molecule has 0 radical (unpaired) electrons. The van der Waals surface area contributed by atoms with Gasteiger partial charge in [-0.05, 0) is 24.5 Å². The smallest absolute Gasteiger partial charge is 0.254 e. The van der Waals surface area contributed by atoms with Crippen LogP contribution in [0.25, 0.3) is 0 Å². The molecule has 0 bridgehead atoms. The second kappa shape index (κ2) is 6.59. The van der Waals surface area contributed by atoms with Crippen molar-refractivity contribution in [1.29, 1.82) is 0 Å². The van der Waals surface area contributed by atoms with Gasteiger partial charge in [0.25, 0.3) is 5.91 Å². The molecule has 4 nitrogen and oxygen atoms in total. The van der Waals surface area contributed by atoms with Gasteiger partial charge in [-0.25, -0.2) is 0 Å². The number of carbonyl (C=O) groups is 1. The molecule has 1 N–H and O–H groups in total. The molecule has 1 aliphatic heterocycles. The zero-order valence-corrected chi connectivity index (χ0v) is 12.0. The van der Waals surface area contributed by atoms with Crippen LogP contribution in [0.15, 0.2) is 53.3 Å². The topological polar surface area (TPSA) is 45.5 Å². The van der Waals surface area contributed by atoms with Gasteiger partial charge in [-0.2, -0.15) is 0 Å². The van der Waals surface area contributed by atoms with E-state index in [4.69, 9.17) is 4.42 Å². The number of carbonyl (C=O) groups excluding carboxylic acids is 1. The minimum Gasteiger partial charge on any atom is -0.472 e. The number of rotatable bonds is 4. The minimum atomic E-state index is -0.0368. The molecular weight excluding hydrogens is 264 g/mol. The number of furan rings is 1. The fourth-order valence-corrected chi connectivity index (χ4v) is 2.74. The summed E-state index contributed by atoms with van der Waals surface area (Å²) in [6.07, 6.45) is 5.00. The second-order valence-corrected chi connectivity index (χ2v) is 5.52. The van der Waals surface area contributed by atoms with Crippen molar-refractivity contribution in [2.45, 2.75) is 25.4 Å². The molecule has 1 fully saturated rings. The molecule has 3 rings (SSSR count). The van der Waals surface area contributed by atoms with Crippen molar-refractivity contribution in [3.8, 4) is 0 Å². The average molecular weight is 284 g/mol. The Bertz CT molecular complexity index is 558. The molecular formula is C17H20N2O2. The Hall–Kier alpha value is -2.07. The van der Waals surface area contributed by atoms with Gasteiger partial charge in [-0.1, -0.05) is 30.3 Å². The number of nitrogens with zero attached hydrogens (tertiary/aromatic N) is 1. The van der Waals surface area contributed by atoms with Gasteiger partial charge in [0.2, 0.25) is 0 Å². The van der Waals surface area contributed by atoms with E-state index < -0.39 is 0 Å². The zero-order chi connectivity index (χ0) is 14.5. The fourth-order valence-electron chi connectivity index (χ4n) is 2.74. The summed E-state index contributed by atoms with van der Waals surface area (Å²) < 4.78 is 4.94. The van der Waals surface area contributed by atoms with Gasteiger partial charge in [0, 0.05) is 25.7 Å². The van der Waals surface area contributed by atoms with Crippen molar-refractivity contribution in [3.05, 3.63) is 60.1 Å². The van der Waals surface area contributed by atoms with E-state index >= 15 is 0 Å². The third kappa shape index (κ3) is 3.73. The number of hydrogen-bond donors (Lipinski definition) is 1. The molecule has 2 heterocycles. The number of benzene rings is 1. The molecule has 0 spiro atoms. The lowest BCUT2D eigenvalue weighted by Gasteiger charge is -2.32. The summed E-state index contributed by atoms with van der Waals surface area (Å²) in [5.41, 5.74) is 1.94. The van der Waals surface area contributed by atoms with Gasteiger partial charge < -0.3 is 9.73 Å². The van der Waals surface area contributed by atoms with Crippen LogP contribution >= 0.6 is 0 Å². The summed E-state index contributed by atoms with van der Waals surface area (Å²) in [6.45, 7) is 3.03. The van der Waals surface area contributed by atoms with Gasteiger partial charge >= 0.3 is 0 Å². The lowest BCUT2D eigenvalue weighted by atomic mass is 10.0. The third-order valence-electron chi connectivity index (χ3n) is 3.96. The zero-order valence-electron chi connectivity index (χ0n) is 12.0. The number of likely N-dealkylation sites (tertiary alicyclic amines) is 1. The molecule has 4 heteroatoms. The maximum absolute atomic E-state index is 12.0. The normalized spacial score (nSPS) is 16.8. The third-order valence-corrected chi connectivity index (χ3v) is 3.96. The van der Waals surface area contributed by atoms with E-state index in [1.54, 1.807) is 6.07 Å². The molecule has 1 aliphatic rings. The lowest BCUT2D eigenvalue weighted by Crippen LogP contribution is -2.44. The average Bonchev–Trinajstić information content (AvgIpc) is 3.05. The van der Waals surface area contributed by atoms with E-state index in [9.17, 15) is 4.79 Å². The van der Waals surface area contributed by atoms with Crippen LogP contribution < -0.4 is 5.32 Å². The van der Waals surface area contributed by atoms with Crippen LogP contribution in [0.1, 0.15) is 28.8 Å². The Morgan fingerprint density at radius 1 is 1.19 bits per heavy atom. The monoisotopic (exact) mass is 284 g/mol. The number of hydrogen-bond acceptors (Lipinski definition) is 3. The molecule has 0 atom stereocenters. The minimum absolute atomic E-state index is 0.0368. The Labute approximate surface area is 124 Å². The highest BCUT2D eigenvalue weighted by Gasteiger charge is 2.21. The first-order valence-electron chi connectivity index (χ1n) is 7.40. The summed E-state index contributed by atoms with van der Waals surface area (Å²) in [4.78, 5) is 14.4. The number of nitrogens with one attached hydrogen (secondary N) is 1. The first-order chi connectivity index (χ1) is 10.3. The van der Waals surface area contributed by atoms with E-state index in [1.807, 2.05) is 6.07 Å². The van der Waals surface area contributed by atoms with Crippen molar-refractivity contribution in [2.24, 2.45) is 0 Å². The standard InChI is InChI=1S/C17H20N2O2/c20-17(15-8-11-21-13-15)18-16-6-9-19(10-7-16)12-14-4-2-1-3-5-14/h1-5,8,11,13,16H,6-7,9-10,12H2,(H,18,20). The summed E-state index contributed by atoms with van der Waals surface area (Å²) in [7, 11) is 0. The molecule has 1 aromatic carbocycles. The van der Waals surface area contributed by atoms with E-state index in [0.717, 1.165) is 32.5 Å². The van der Waals surface area contributed by atoms with E-state index in [0.29, 0.717) is 5.56 Å². The van der Waals surface area contributed by atoms with Gasteiger partial charge in [0.15, 0.2) is 0 Å². The Morgan fingerprint density at radius 2 is 1.95 bits per heavy atom.